The SMILES string of the molecule is Oc1ccc(CC2=C(c3ccc(O)cc3)Cc3c(O)cc(O)cc32)cc1. The maximum atomic E-state index is 10.3. The predicted molar refractivity (Wildman–Crippen MR) is 100 cm³/mol. The molecule has 0 fully saturated rings. The Labute approximate surface area is 150 Å². The van der Waals surface area contributed by atoms with E-state index in [9.17, 15) is 20.4 Å². The van der Waals surface area contributed by atoms with Crippen LogP contribution in [0.3, 0.4) is 0 Å². The van der Waals surface area contributed by atoms with E-state index < -0.39 is 0 Å². The minimum atomic E-state index is 0.0245. The lowest BCUT2D eigenvalue weighted by atomic mass is 9.94. The maximum Gasteiger partial charge on any atom is 0.123 e. The lowest BCUT2D eigenvalue weighted by Gasteiger charge is -2.10. The summed E-state index contributed by atoms with van der Waals surface area (Å²) in [5, 5.41) is 39.3. The minimum Gasteiger partial charge on any atom is -0.508 e. The van der Waals surface area contributed by atoms with Gasteiger partial charge in [0, 0.05) is 18.1 Å². The fourth-order valence-electron chi connectivity index (χ4n) is 3.50. The molecule has 0 radical (unpaired) electrons. The molecule has 0 spiro atoms. The van der Waals surface area contributed by atoms with E-state index in [2.05, 4.69) is 0 Å². The van der Waals surface area contributed by atoms with Crippen molar-refractivity contribution < 1.29 is 20.4 Å². The van der Waals surface area contributed by atoms with Crippen LogP contribution in [0.15, 0.2) is 60.7 Å². The number of phenols is 4. The molecule has 4 heteroatoms. The Morgan fingerprint density at radius 3 is 1.96 bits per heavy atom. The van der Waals surface area contributed by atoms with E-state index in [-0.39, 0.29) is 23.0 Å². The van der Waals surface area contributed by atoms with Gasteiger partial charge in [-0.15, -0.1) is 0 Å². The van der Waals surface area contributed by atoms with Crippen LogP contribution in [0.5, 0.6) is 23.0 Å². The first kappa shape index (κ1) is 16.1. The molecule has 0 unspecified atom stereocenters. The third-order valence-corrected chi connectivity index (χ3v) is 4.79. The molecule has 26 heavy (non-hydrogen) atoms. The molecule has 3 aromatic carbocycles. The molecular weight excluding hydrogens is 328 g/mol. The first-order valence-corrected chi connectivity index (χ1v) is 8.36. The van der Waals surface area contributed by atoms with Gasteiger partial charge in [-0.3, -0.25) is 0 Å². The number of benzene rings is 3. The van der Waals surface area contributed by atoms with Gasteiger partial charge >= 0.3 is 0 Å². The van der Waals surface area contributed by atoms with Crippen LogP contribution in [0.25, 0.3) is 11.1 Å². The Hall–Kier alpha value is -3.40. The normalized spacial score (nSPS) is 13.1. The average Bonchev–Trinajstić information content (AvgIpc) is 2.96. The van der Waals surface area contributed by atoms with Crippen LogP contribution in [-0.4, -0.2) is 20.4 Å². The average molecular weight is 346 g/mol. The quantitative estimate of drug-likeness (QED) is 0.572. The second-order valence-corrected chi connectivity index (χ2v) is 6.51. The lowest BCUT2D eigenvalue weighted by Crippen LogP contribution is -1.92. The summed E-state index contributed by atoms with van der Waals surface area (Å²) in [5.41, 5.74) is 5.67. The molecule has 0 amide bonds. The molecule has 1 aliphatic rings. The number of hydrogen-bond donors (Lipinski definition) is 4. The van der Waals surface area contributed by atoms with Crippen molar-refractivity contribution in [2.45, 2.75) is 12.8 Å². The highest BCUT2D eigenvalue weighted by Gasteiger charge is 2.26. The van der Waals surface area contributed by atoms with Gasteiger partial charge in [0.2, 0.25) is 0 Å². The van der Waals surface area contributed by atoms with Gasteiger partial charge in [0.1, 0.15) is 23.0 Å². The molecule has 4 N–H and O–H groups in total. The maximum absolute atomic E-state index is 10.3. The van der Waals surface area contributed by atoms with Gasteiger partial charge in [-0.25, -0.2) is 0 Å². The van der Waals surface area contributed by atoms with Crippen LogP contribution in [0, 0.1) is 0 Å². The predicted octanol–water partition coefficient (Wildman–Crippen LogP) is 4.22. The second kappa shape index (κ2) is 6.15. The first-order chi connectivity index (χ1) is 12.5. The van der Waals surface area contributed by atoms with E-state index >= 15 is 0 Å². The van der Waals surface area contributed by atoms with Gasteiger partial charge < -0.3 is 20.4 Å². The van der Waals surface area contributed by atoms with Crippen molar-refractivity contribution in [3.8, 4) is 23.0 Å². The van der Waals surface area contributed by atoms with E-state index in [4.69, 9.17) is 0 Å². The van der Waals surface area contributed by atoms with Crippen molar-refractivity contribution >= 4 is 11.1 Å². The van der Waals surface area contributed by atoms with Gasteiger partial charge in [0.15, 0.2) is 0 Å². The molecule has 0 aromatic heterocycles. The Morgan fingerprint density at radius 1 is 0.692 bits per heavy atom. The van der Waals surface area contributed by atoms with Crippen molar-refractivity contribution in [3.63, 3.8) is 0 Å². The molecule has 1 aliphatic carbocycles. The first-order valence-electron chi connectivity index (χ1n) is 8.36. The lowest BCUT2D eigenvalue weighted by molar-refractivity contribution is 0.447. The van der Waals surface area contributed by atoms with Crippen molar-refractivity contribution in [1.29, 1.82) is 0 Å². The zero-order valence-electron chi connectivity index (χ0n) is 14.0. The summed E-state index contributed by atoms with van der Waals surface area (Å²) < 4.78 is 0. The fraction of sp³-hybridized carbons (Fsp3) is 0.0909. The molecule has 0 atom stereocenters. The highest BCUT2D eigenvalue weighted by molar-refractivity contribution is 5.99. The smallest absolute Gasteiger partial charge is 0.123 e. The molecule has 4 nitrogen and oxygen atoms in total. The summed E-state index contributed by atoms with van der Waals surface area (Å²) in [6.45, 7) is 0. The Morgan fingerprint density at radius 2 is 1.31 bits per heavy atom. The standard InChI is InChI=1S/C22H18O4/c23-15-5-1-13(2-6-15)9-19-18(14-3-7-16(24)8-4-14)12-21-20(19)10-17(25)11-22(21)26/h1-8,10-11,23-26H,9,12H2. The monoisotopic (exact) mass is 346 g/mol. The van der Waals surface area contributed by atoms with Crippen LogP contribution in [0.2, 0.25) is 0 Å². The van der Waals surface area contributed by atoms with Gasteiger partial charge in [-0.1, -0.05) is 24.3 Å². The van der Waals surface area contributed by atoms with E-state index in [1.165, 1.54) is 6.07 Å². The molecule has 0 aliphatic heterocycles. The Bertz CT molecular complexity index is 1000. The third kappa shape index (κ3) is 2.86. The van der Waals surface area contributed by atoms with Crippen LogP contribution < -0.4 is 0 Å². The summed E-state index contributed by atoms with van der Waals surface area (Å²) >= 11 is 0. The summed E-state index contributed by atoms with van der Waals surface area (Å²) in [7, 11) is 0. The summed E-state index contributed by atoms with van der Waals surface area (Å²) in [6, 6.07) is 17.0. The molecule has 0 heterocycles. The molecule has 3 aromatic rings. The van der Waals surface area contributed by atoms with Gasteiger partial charge in [0.25, 0.3) is 0 Å². The number of allylic oxidation sites excluding steroid dienone is 2. The van der Waals surface area contributed by atoms with Crippen molar-refractivity contribution in [2.24, 2.45) is 0 Å². The van der Waals surface area contributed by atoms with Crippen molar-refractivity contribution in [1.82, 2.24) is 0 Å². The molecule has 4 rings (SSSR count). The van der Waals surface area contributed by atoms with Gasteiger partial charge in [-0.2, -0.15) is 0 Å². The number of rotatable bonds is 3. The Kier molecular flexibility index (Phi) is 3.81. The van der Waals surface area contributed by atoms with Gasteiger partial charge in [0.05, 0.1) is 0 Å². The van der Waals surface area contributed by atoms with Crippen LogP contribution in [0.1, 0.15) is 22.3 Å². The summed E-state index contributed by atoms with van der Waals surface area (Å²) in [5.74, 6) is 0.516. The molecule has 0 bridgehead atoms. The second-order valence-electron chi connectivity index (χ2n) is 6.51. The molecule has 130 valence electrons. The number of phenolic OH excluding ortho intramolecular Hbond substituents is 4. The van der Waals surface area contributed by atoms with Crippen molar-refractivity contribution in [2.75, 3.05) is 0 Å². The highest BCUT2D eigenvalue weighted by Crippen LogP contribution is 2.45. The summed E-state index contributed by atoms with van der Waals surface area (Å²) in [6.07, 6.45) is 1.16. The largest absolute Gasteiger partial charge is 0.508 e. The van der Waals surface area contributed by atoms with E-state index in [0.29, 0.717) is 12.8 Å². The third-order valence-electron chi connectivity index (χ3n) is 4.79. The molecule has 0 saturated carbocycles. The number of fused-ring (bicyclic) bond motifs is 1. The zero-order valence-corrected chi connectivity index (χ0v) is 14.0. The topological polar surface area (TPSA) is 80.9 Å². The molecule has 0 saturated heterocycles. The number of aromatic hydroxyl groups is 4. The Balaban J connectivity index is 1.85. The van der Waals surface area contributed by atoms with Crippen molar-refractivity contribution in [3.05, 3.63) is 82.9 Å². The zero-order chi connectivity index (χ0) is 18.3. The van der Waals surface area contributed by atoms with Crippen LogP contribution >= 0.6 is 0 Å². The van der Waals surface area contributed by atoms with E-state index in [1.807, 2.05) is 24.3 Å². The summed E-state index contributed by atoms with van der Waals surface area (Å²) in [4.78, 5) is 0. The van der Waals surface area contributed by atoms with E-state index in [0.717, 1.165) is 33.4 Å². The van der Waals surface area contributed by atoms with Crippen LogP contribution in [-0.2, 0) is 12.8 Å². The van der Waals surface area contributed by atoms with Gasteiger partial charge in [-0.05, 0) is 64.6 Å². The minimum absolute atomic E-state index is 0.0245. The van der Waals surface area contributed by atoms with E-state index in [1.54, 1.807) is 30.3 Å². The highest BCUT2D eigenvalue weighted by atomic mass is 16.3. The fourth-order valence-corrected chi connectivity index (χ4v) is 3.50. The molecular formula is C22H18O4. The van der Waals surface area contributed by atoms with Crippen LogP contribution in [0.4, 0.5) is 0 Å². The number of hydrogen-bond acceptors (Lipinski definition) is 4.